The fourth-order valence-corrected chi connectivity index (χ4v) is 3.06. The molecule has 0 atom stereocenters. The Hall–Kier alpha value is -1.93. The normalized spacial score (nSPS) is 10.1. The van der Waals surface area contributed by atoms with E-state index >= 15 is 0 Å². The Bertz CT molecular complexity index is 616. The summed E-state index contributed by atoms with van der Waals surface area (Å²) >= 11 is 2.63. The van der Waals surface area contributed by atoms with Crippen molar-refractivity contribution in [3.05, 3.63) is 35.9 Å². The summed E-state index contributed by atoms with van der Waals surface area (Å²) in [6.07, 6.45) is 0. The van der Waals surface area contributed by atoms with Gasteiger partial charge < -0.3 is 5.32 Å². The zero-order chi connectivity index (χ0) is 15.1. The topological polar surface area (TPSA) is 84.0 Å². The smallest absolute Gasteiger partial charge is 0.257 e. The number of imide groups is 1. The van der Waals surface area contributed by atoms with E-state index in [-0.39, 0.29) is 11.7 Å². The third kappa shape index (κ3) is 4.83. The van der Waals surface area contributed by atoms with Crippen LogP contribution >= 0.6 is 23.1 Å². The molecule has 8 heteroatoms. The number of hydrogen-bond donors (Lipinski definition) is 2. The number of rotatable bonds is 6. The van der Waals surface area contributed by atoms with Crippen molar-refractivity contribution in [2.45, 2.75) is 11.3 Å². The molecule has 2 N–H and O–H groups in total. The summed E-state index contributed by atoms with van der Waals surface area (Å²) < 4.78 is 0.688. The van der Waals surface area contributed by atoms with Gasteiger partial charge in [0.25, 0.3) is 5.91 Å². The SMILES string of the molecule is CCNc1nnc(SCC(=O)NC(=O)c2ccccc2)s1. The lowest BCUT2D eigenvalue weighted by Crippen LogP contribution is -2.31. The molecule has 0 spiro atoms. The molecule has 0 unspecified atom stereocenters. The Kier molecular flexibility index (Phi) is 5.70. The minimum absolute atomic E-state index is 0.124. The van der Waals surface area contributed by atoms with E-state index in [4.69, 9.17) is 0 Å². The lowest BCUT2D eigenvalue weighted by Gasteiger charge is -2.02. The van der Waals surface area contributed by atoms with Gasteiger partial charge in [0, 0.05) is 12.1 Å². The van der Waals surface area contributed by atoms with Crippen LogP contribution in [0, 0.1) is 0 Å². The maximum absolute atomic E-state index is 11.8. The lowest BCUT2D eigenvalue weighted by atomic mass is 10.2. The van der Waals surface area contributed by atoms with Gasteiger partial charge in [-0.05, 0) is 19.1 Å². The third-order valence-corrected chi connectivity index (χ3v) is 4.36. The highest BCUT2D eigenvalue weighted by Gasteiger charge is 2.12. The van der Waals surface area contributed by atoms with Gasteiger partial charge in [0.1, 0.15) is 0 Å². The van der Waals surface area contributed by atoms with Gasteiger partial charge in [-0.15, -0.1) is 10.2 Å². The van der Waals surface area contributed by atoms with Crippen molar-refractivity contribution >= 4 is 40.0 Å². The molecule has 1 aromatic carbocycles. The van der Waals surface area contributed by atoms with Gasteiger partial charge in [0.2, 0.25) is 11.0 Å². The number of nitrogens with one attached hydrogen (secondary N) is 2. The van der Waals surface area contributed by atoms with Crippen LogP contribution in [0.5, 0.6) is 0 Å². The van der Waals surface area contributed by atoms with E-state index in [2.05, 4.69) is 20.8 Å². The second-order valence-electron chi connectivity index (χ2n) is 3.94. The number of aromatic nitrogens is 2. The van der Waals surface area contributed by atoms with E-state index in [1.54, 1.807) is 24.3 Å². The van der Waals surface area contributed by atoms with Gasteiger partial charge in [0.05, 0.1) is 5.75 Å². The summed E-state index contributed by atoms with van der Waals surface area (Å²) in [5.41, 5.74) is 0.459. The van der Waals surface area contributed by atoms with Crippen molar-refractivity contribution in [3.63, 3.8) is 0 Å². The Labute approximate surface area is 130 Å². The minimum atomic E-state index is -0.396. The number of nitrogens with zero attached hydrogens (tertiary/aromatic N) is 2. The molecule has 2 rings (SSSR count). The number of carbonyl (C=O) groups excluding carboxylic acids is 2. The van der Waals surface area contributed by atoms with Crippen LogP contribution in [0.3, 0.4) is 0 Å². The first kappa shape index (κ1) is 15.5. The monoisotopic (exact) mass is 322 g/mol. The van der Waals surface area contributed by atoms with Crippen molar-refractivity contribution in [1.82, 2.24) is 15.5 Å². The largest absolute Gasteiger partial charge is 0.360 e. The molecule has 0 bridgehead atoms. The predicted molar refractivity (Wildman–Crippen MR) is 83.7 cm³/mol. The summed E-state index contributed by atoms with van der Waals surface area (Å²) in [6.45, 7) is 2.74. The summed E-state index contributed by atoms with van der Waals surface area (Å²) in [6, 6.07) is 8.62. The maximum atomic E-state index is 11.8. The van der Waals surface area contributed by atoms with Gasteiger partial charge in [-0.25, -0.2) is 0 Å². The van der Waals surface area contributed by atoms with E-state index in [0.29, 0.717) is 9.90 Å². The van der Waals surface area contributed by atoms with E-state index < -0.39 is 5.91 Å². The Morgan fingerprint density at radius 1 is 1.24 bits per heavy atom. The number of thioether (sulfide) groups is 1. The molecule has 0 saturated carbocycles. The molecule has 1 heterocycles. The molecule has 0 aliphatic rings. The molecule has 0 saturated heterocycles. The Morgan fingerprint density at radius 3 is 2.71 bits per heavy atom. The molecular weight excluding hydrogens is 308 g/mol. The van der Waals surface area contributed by atoms with Crippen LogP contribution in [0.25, 0.3) is 0 Å². The molecule has 1 aromatic heterocycles. The van der Waals surface area contributed by atoms with Gasteiger partial charge in [-0.3, -0.25) is 14.9 Å². The van der Waals surface area contributed by atoms with Crippen LogP contribution in [-0.2, 0) is 4.79 Å². The number of anilines is 1. The summed E-state index contributed by atoms with van der Waals surface area (Å²) in [7, 11) is 0. The number of benzene rings is 1. The van der Waals surface area contributed by atoms with Crippen LogP contribution in [0.4, 0.5) is 5.13 Å². The Morgan fingerprint density at radius 2 is 2.00 bits per heavy atom. The molecule has 0 aliphatic heterocycles. The predicted octanol–water partition coefficient (Wildman–Crippen LogP) is 2.02. The zero-order valence-corrected chi connectivity index (χ0v) is 13.0. The third-order valence-electron chi connectivity index (χ3n) is 2.35. The van der Waals surface area contributed by atoms with Gasteiger partial charge in [-0.1, -0.05) is 41.3 Å². The van der Waals surface area contributed by atoms with Crippen molar-refractivity contribution in [3.8, 4) is 0 Å². The fraction of sp³-hybridized carbons (Fsp3) is 0.231. The zero-order valence-electron chi connectivity index (χ0n) is 11.3. The van der Waals surface area contributed by atoms with Crippen LogP contribution in [0.1, 0.15) is 17.3 Å². The molecule has 2 aromatic rings. The molecule has 0 fully saturated rings. The molecule has 6 nitrogen and oxygen atoms in total. The maximum Gasteiger partial charge on any atom is 0.257 e. The standard InChI is InChI=1S/C13H14N4O2S2/c1-2-14-12-16-17-13(21-12)20-8-10(18)15-11(19)9-6-4-3-5-7-9/h3-7H,2,8H2,1H3,(H,14,16)(H,15,18,19). The first-order valence-electron chi connectivity index (χ1n) is 6.28. The minimum Gasteiger partial charge on any atom is -0.360 e. The quantitative estimate of drug-likeness (QED) is 0.792. The van der Waals surface area contributed by atoms with E-state index in [1.807, 2.05) is 13.0 Å². The van der Waals surface area contributed by atoms with Crippen molar-refractivity contribution in [2.24, 2.45) is 0 Å². The number of amides is 2. The van der Waals surface area contributed by atoms with E-state index in [9.17, 15) is 9.59 Å². The summed E-state index contributed by atoms with van der Waals surface area (Å²) in [5, 5.41) is 14.0. The van der Waals surface area contributed by atoms with Crippen LogP contribution in [0.15, 0.2) is 34.7 Å². The molecule has 21 heavy (non-hydrogen) atoms. The summed E-state index contributed by atoms with van der Waals surface area (Å²) in [5.74, 6) is -0.625. The van der Waals surface area contributed by atoms with Gasteiger partial charge in [0.15, 0.2) is 4.34 Å². The fourth-order valence-electron chi connectivity index (χ4n) is 1.44. The summed E-state index contributed by atoms with van der Waals surface area (Å²) in [4.78, 5) is 23.5. The average Bonchev–Trinajstić information content (AvgIpc) is 2.94. The van der Waals surface area contributed by atoms with E-state index in [1.165, 1.54) is 23.1 Å². The molecular formula is C13H14N4O2S2. The number of carbonyl (C=O) groups is 2. The van der Waals surface area contributed by atoms with Crippen LogP contribution in [0.2, 0.25) is 0 Å². The molecule has 0 radical (unpaired) electrons. The first-order chi connectivity index (χ1) is 10.2. The first-order valence-corrected chi connectivity index (χ1v) is 8.08. The molecule has 2 amide bonds. The average molecular weight is 322 g/mol. The van der Waals surface area contributed by atoms with E-state index in [0.717, 1.165) is 11.7 Å². The second-order valence-corrected chi connectivity index (χ2v) is 6.14. The highest BCUT2D eigenvalue weighted by Crippen LogP contribution is 2.24. The molecule has 110 valence electrons. The lowest BCUT2D eigenvalue weighted by molar-refractivity contribution is -0.117. The highest BCUT2D eigenvalue weighted by molar-refractivity contribution is 8.01. The van der Waals surface area contributed by atoms with Crippen LogP contribution < -0.4 is 10.6 Å². The van der Waals surface area contributed by atoms with Crippen molar-refractivity contribution < 1.29 is 9.59 Å². The van der Waals surface area contributed by atoms with Gasteiger partial charge in [-0.2, -0.15) is 0 Å². The number of hydrogen-bond acceptors (Lipinski definition) is 7. The highest BCUT2D eigenvalue weighted by atomic mass is 32.2. The molecule has 0 aliphatic carbocycles. The van der Waals surface area contributed by atoms with Crippen LogP contribution in [-0.4, -0.2) is 34.3 Å². The van der Waals surface area contributed by atoms with Gasteiger partial charge >= 0.3 is 0 Å². The second kappa shape index (κ2) is 7.75. The van der Waals surface area contributed by atoms with Crippen molar-refractivity contribution in [1.29, 1.82) is 0 Å². The Balaban J connectivity index is 1.80. The van der Waals surface area contributed by atoms with Crippen molar-refractivity contribution in [2.75, 3.05) is 17.6 Å².